The van der Waals surface area contributed by atoms with Crippen LogP contribution in [0.25, 0.3) is 0 Å². The van der Waals surface area contributed by atoms with Gasteiger partial charge in [0, 0.05) is 32.9 Å². The van der Waals surface area contributed by atoms with Crippen LogP contribution >= 0.6 is 0 Å². The van der Waals surface area contributed by atoms with Gasteiger partial charge in [-0.25, -0.2) is 0 Å². The highest BCUT2D eigenvalue weighted by Crippen LogP contribution is 1.79. The van der Waals surface area contributed by atoms with Crippen molar-refractivity contribution in [3.05, 3.63) is 0 Å². The van der Waals surface area contributed by atoms with Crippen molar-refractivity contribution in [1.29, 1.82) is 0 Å². The molecule has 0 aliphatic carbocycles. The van der Waals surface area contributed by atoms with E-state index in [2.05, 4.69) is 17.6 Å². The maximum atomic E-state index is 5.24. The summed E-state index contributed by atoms with van der Waals surface area (Å²) < 4.78 is 4.95. The Morgan fingerprint density at radius 2 is 2.18 bits per heavy atom. The third kappa shape index (κ3) is 7.74. The molecule has 11 heavy (non-hydrogen) atoms. The van der Waals surface area contributed by atoms with E-state index >= 15 is 0 Å². The largest absolute Gasteiger partial charge is 0.383 e. The highest BCUT2D eigenvalue weighted by molar-refractivity contribution is 4.59. The lowest BCUT2D eigenvalue weighted by atomic mass is 10.3. The first-order valence-electron chi connectivity index (χ1n) is 3.94. The molecule has 0 aromatic carbocycles. The molecule has 0 fully saturated rings. The lowest BCUT2D eigenvalue weighted by molar-refractivity contribution is 0.172. The van der Waals surface area contributed by atoms with Crippen LogP contribution in [0.5, 0.6) is 0 Å². The number of rotatable bonds is 7. The van der Waals surface area contributed by atoms with Crippen molar-refractivity contribution in [2.75, 3.05) is 33.5 Å². The molecule has 0 aromatic rings. The molecule has 0 bridgehead atoms. The highest BCUT2D eigenvalue weighted by atomic mass is 16.5. The minimum absolute atomic E-state index is 0.416. The second kappa shape index (κ2) is 7.94. The second-order valence-corrected chi connectivity index (χ2v) is 2.51. The van der Waals surface area contributed by atoms with E-state index in [9.17, 15) is 0 Å². The maximum Gasteiger partial charge on any atom is 0.0613 e. The van der Waals surface area contributed by atoms with E-state index in [-0.39, 0.29) is 0 Å². The summed E-state index contributed by atoms with van der Waals surface area (Å²) in [6.07, 6.45) is 0. The normalized spacial score (nSPS) is 13.4. The Bertz CT molecular complexity index is 80.1. The number of methoxy groups -OCH3 is 1. The summed E-state index contributed by atoms with van der Waals surface area (Å²) in [5.74, 6) is 0. The average molecular weight is 161 g/mol. The van der Waals surface area contributed by atoms with Crippen LogP contribution in [0.4, 0.5) is 0 Å². The lowest BCUT2D eigenvalue weighted by Gasteiger charge is -2.12. The monoisotopic (exact) mass is 161 g/mol. The number of nitrogens with one attached hydrogen (secondary N) is 2. The molecule has 0 radical (unpaired) electrons. The van der Waals surface area contributed by atoms with Crippen LogP contribution < -0.4 is 16.4 Å². The van der Waals surface area contributed by atoms with Crippen LogP contribution in [0.15, 0.2) is 0 Å². The van der Waals surface area contributed by atoms with Crippen molar-refractivity contribution < 1.29 is 4.74 Å². The topological polar surface area (TPSA) is 59.3 Å². The average Bonchev–Trinajstić information content (AvgIpc) is 1.99. The van der Waals surface area contributed by atoms with Crippen LogP contribution in [0, 0.1) is 0 Å². The van der Waals surface area contributed by atoms with Crippen molar-refractivity contribution in [1.82, 2.24) is 10.6 Å². The molecule has 4 heteroatoms. The molecule has 0 saturated heterocycles. The molecule has 4 nitrogen and oxygen atoms in total. The Kier molecular flexibility index (Phi) is 7.83. The van der Waals surface area contributed by atoms with Gasteiger partial charge in [-0.3, -0.25) is 0 Å². The van der Waals surface area contributed by atoms with Gasteiger partial charge >= 0.3 is 0 Å². The fourth-order valence-electron chi connectivity index (χ4n) is 0.818. The van der Waals surface area contributed by atoms with E-state index in [1.54, 1.807) is 7.11 Å². The molecule has 0 spiro atoms. The molecule has 0 saturated carbocycles. The van der Waals surface area contributed by atoms with Crippen molar-refractivity contribution in [3.8, 4) is 0 Å². The van der Waals surface area contributed by atoms with Crippen molar-refractivity contribution in [2.45, 2.75) is 13.0 Å². The third-order valence-electron chi connectivity index (χ3n) is 1.36. The summed E-state index contributed by atoms with van der Waals surface area (Å²) in [6, 6.07) is 0.416. The second-order valence-electron chi connectivity index (χ2n) is 2.51. The van der Waals surface area contributed by atoms with Gasteiger partial charge in [0.15, 0.2) is 0 Å². The SMILES string of the molecule is COCC(C)NCCNCN. The summed E-state index contributed by atoms with van der Waals surface area (Å²) in [5, 5.41) is 6.30. The van der Waals surface area contributed by atoms with E-state index in [4.69, 9.17) is 10.5 Å². The summed E-state index contributed by atoms with van der Waals surface area (Å²) in [4.78, 5) is 0. The quantitative estimate of drug-likeness (QED) is 0.335. The van der Waals surface area contributed by atoms with Gasteiger partial charge in [-0.05, 0) is 6.92 Å². The van der Waals surface area contributed by atoms with E-state index < -0.39 is 0 Å². The minimum Gasteiger partial charge on any atom is -0.383 e. The Balaban J connectivity index is 2.97. The smallest absolute Gasteiger partial charge is 0.0613 e. The van der Waals surface area contributed by atoms with Crippen LogP contribution in [0.2, 0.25) is 0 Å². The summed E-state index contributed by atoms with van der Waals surface area (Å²) in [7, 11) is 1.70. The maximum absolute atomic E-state index is 5.24. The van der Waals surface area contributed by atoms with Gasteiger partial charge in [-0.1, -0.05) is 0 Å². The molecule has 0 aromatic heterocycles. The number of hydrogen-bond acceptors (Lipinski definition) is 4. The summed E-state index contributed by atoms with van der Waals surface area (Å²) in [5.41, 5.74) is 5.24. The van der Waals surface area contributed by atoms with Gasteiger partial charge in [0.25, 0.3) is 0 Å². The zero-order chi connectivity index (χ0) is 8.53. The predicted molar refractivity (Wildman–Crippen MR) is 46.4 cm³/mol. The fourth-order valence-corrected chi connectivity index (χ4v) is 0.818. The first kappa shape index (κ1) is 10.8. The Hall–Kier alpha value is -0.160. The van der Waals surface area contributed by atoms with Crippen molar-refractivity contribution in [3.63, 3.8) is 0 Å². The van der Waals surface area contributed by atoms with Crippen LogP contribution in [0.3, 0.4) is 0 Å². The van der Waals surface area contributed by atoms with Crippen LogP contribution in [-0.2, 0) is 4.74 Å². The third-order valence-corrected chi connectivity index (χ3v) is 1.36. The Morgan fingerprint density at radius 1 is 1.45 bits per heavy atom. The molecular formula is C7H19N3O. The first-order valence-corrected chi connectivity index (χ1v) is 3.94. The molecule has 68 valence electrons. The molecule has 0 heterocycles. The van der Waals surface area contributed by atoms with E-state index in [1.165, 1.54) is 0 Å². The molecule has 0 rings (SSSR count). The standard InChI is InChI=1S/C7H19N3O/c1-7(5-11-2)10-4-3-9-6-8/h7,9-10H,3-6,8H2,1-2H3. The molecule has 4 N–H and O–H groups in total. The first-order chi connectivity index (χ1) is 5.31. The van der Waals surface area contributed by atoms with Gasteiger partial charge in [-0.2, -0.15) is 0 Å². The Morgan fingerprint density at radius 3 is 2.73 bits per heavy atom. The van der Waals surface area contributed by atoms with E-state index in [1.807, 2.05) is 0 Å². The summed E-state index contributed by atoms with van der Waals surface area (Å²) in [6.45, 7) is 5.22. The minimum atomic E-state index is 0.416. The number of hydrogen-bond donors (Lipinski definition) is 3. The highest BCUT2D eigenvalue weighted by Gasteiger charge is 1.97. The van der Waals surface area contributed by atoms with E-state index in [0.717, 1.165) is 19.7 Å². The van der Waals surface area contributed by atoms with Crippen LogP contribution in [-0.4, -0.2) is 39.5 Å². The molecule has 1 atom stereocenters. The molecule has 0 amide bonds. The van der Waals surface area contributed by atoms with Gasteiger partial charge in [-0.15, -0.1) is 0 Å². The van der Waals surface area contributed by atoms with Crippen molar-refractivity contribution in [2.24, 2.45) is 5.73 Å². The summed E-state index contributed by atoms with van der Waals surface area (Å²) >= 11 is 0. The fraction of sp³-hybridized carbons (Fsp3) is 1.00. The van der Waals surface area contributed by atoms with Gasteiger partial charge < -0.3 is 21.1 Å². The Labute approximate surface area is 68.5 Å². The molecular weight excluding hydrogens is 142 g/mol. The molecule has 1 unspecified atom stereocenters. The van der Waals surface area contributed by atoms with Gasteiger partial charge in [0.2, 0.25) is 0 Å². The number of ether oxygens (including phenoxy) is 1. The van der Waals surface area contributed by atoms with Gasteiger partial charge in [0.05, 0.1) is 6.61 Å². The lowest BCUT2D eigenvalue weighted by Crippen LogP contribution is -2.37. The molecule has 0 aliphatic heterocycles. The van der Waals surface area contributed by atoms with Crippen molar-refractivity contribution >= 4 is 0 Å². The van der Waals surface area contributed by atoms with E-state index in [0.29, 0.717) is 12.7 Å². The zero-order valence-corrected chi connectivity index (χ0v) is 7.39. The van der Waals surface area contributed by atoms with Gasteiger partial charge in [0.1, 0.15) is 0 Å². The number of nitrogens with two attached hydrogens (primary N) is 1. The predicted octanol–water partition coefficient (Wildman–Crippen LogP) is -0.883. The molecule has 0 aliphatic rings. The van der Waals surface area contributed by atoms with Crippen LogP contribution in [0.1, 0.15) is 6.92 Å². The zero-order valence-electron chi connectivity index (χ0n) is 7.39.